The fraction of sp³-hybridized carbons (Fsp3) is 0.600. The average molecular weight is 234 g/mol. The van der Waals surface area contributed by atoms with E-state index in [1.807, 2.05) is 6.07 Å². The molecule has 2 N–H and O–H groups in total. The van der Waals surface area contributed by atoms with Crippen LogP contribution in [-0.4, -0.2) is 31.1 Å². The number of rotatable bonds is 7. The predicted octanol–water partition coefficient (Wildman–Crippen LogP) is 2.53. The largest absolute Gasteiger partial charge is 0.327 e. The van der Waals surface area contributed by atoms with Crippen LogP contribution in [0.3, 0.4) is 0 Å². The lowest BCUT2D eigenvalue weighted by Crippen LogP contribution is -2.31. The second-order valence-corrected chi connectivity index (χ2v) is 5.39. The van der Waals surface area contributed by atoms with Crippen molar-refractivity contribution < 1.29 is 0 Å². The van der Waals surface area contributed by atoms with Crippen molar-refractivity contribution in [2.24, 2.45) is 11.7 Å². The van der Waals surface area contributed by atoms with Crippen LogP contribution in [0.2, 0.25) is 0 Å². The summed E-state index contributed by atoms with van der Waals surface area (Å²) in [5.41, 5.74) is 7.50. The Morgan fingerprint density at radius 3 is 2.41 bits per heavy atom. The summed E-state index contributed by atoms with van der Waals surface area (Å²) < 4.78 is 0. The molecular formula is C15H26N2. The Labute approximate surface area is 106 Å². The van der Waals surface area contributed by atoms with Gasteiger partial charge in [0.15, 0.2) is 0 Å². The highest BCUT2D eigenvalue weighted by Crippen LogP contribution is 2.05. The summed E-state index contributed by atoms with van der Waals surface area (Å²) in [6.07, 6.45) is 2.05. The molecule has 1 rings (SSSR count). The molecule has 0 amide bonds. The molecule has 1 aromatic carbocycles. The lowest BCUT2D eigenvalue weighted by Gasteiger charge is -2.21. The van der Waals surface area contributed by atoms with E-state index in [0.29, 0.717) is 0 Å². The van der Waals surface area contributed by atoms with Gasteiger partial charge in [0.2, 0.25) is 0 Å². The molecule has 17 heavy (non-hydrogen) atoms. The zero-order valence-electron chi connectivity index (χ0n) is 11.4. The molecule has 1 aromatic rings. The van der Waals surface area contributed by atoms with E-state index in [-0.39, 0.29) is 6.04 Å². The van der Waals surface area contributed by atoms with E-state index in [1.54, 1.807) is 0 Å². The quantitative estimate of drug-likeness (QED) is 0.785. The van der Waals surface area contributed by atoms with Crippen molar-refractivity contribution in [2.75, 3.05) is 20.1 Å². The maximum absolute atomic E-state index is 6.16. The molecule has 2 heteroatoms. The van der Waals surface area contributed by atoms with E-state index in [0.717, 1.165) is 31.8 Å². The minimum Gasteiger partial charge on any atom is -0.327 e. The van der Waals surface area contributed by atoms with E-state index >= 15 is 0 Å². The SMILES string of the molecule is CC(C)CN(C)CCC(N)Cc1ccccc1. The van der Waals surface area contributed by atoms with Gasteiger partial charge in [-0.05, 0) is 37.9 Å². The van der Waals surface area contributed by atoms with Crippen molar-refractivity contribution in [1.29, 1.82) is 0 Å². The second-order valence-electron chi connectivity index (χ2n) is 5.39. The molecule has 1 atom stereocenters. The predicted molar refractivity (Wildman–Crippen MR) is 75.1 cm³/mol. The third kappa shape index (κ3) is 6.44. The van der Waals surface area contributed by atoms with Crippen molar-refractivity contribution in [1.82, 2.24) is 4.90 Å². The lowest BCUT2D eigenvalue weighted by molar-refractivity contribution is 0.283. The van der Waals surface area contributed by atoms with Gasteiger partial charge in [-0.1, -0.05) is 44.2 Å². The van der Waals surface area contributed by atoms with Crippen LogP contribution in [0.4, 0.5) is 0 Å². The molecule has 0 radical (unpaired) electrons. The summed E-state index contributed by atoms with van der Waals surface area (Å²) in [5.74, 6) is 0.727. The van der Waals surface area contributed by atoms with Crippen LogP contribution in [0.1, 0.15) is 25.8 Å². The van der Waals surface area contributed by atoms with Gasteiger partial charge in [-0.15, -0.1) is 0 Å². The Balaban J connectivity index is 2.23. The molecule has 0 heterocycles. The molecule has 0 saturated heterocycles. The van der Waals surface area contributed by atoms with Gasteiger partial charge in [-0.25, -0.2) is 0 Å². The Morgan fingerprint density at radius 1 is 1.18 bits per heavy atom. The van der Waals surface area contributed by atoms with Crippen molar-refractivity contribution in [3.8, 4) is 0 Å². The minimum atomic E-state index is 0.270. The van der Waals surface area contributed by atoms with Gasteiger partial charge in [-0.3, -0.25) is 0 Å². The van der Waals surface area contributed by atoms with Crippen molar-refractivity contribution >= 4 is 0 Å². The normalized spacial score (nSPS) is 13.3. The highest BCUT2D eigenvalue weighted by atomic mass is 15.1. The van der Waals surface area contributed by atoms with Gasteiger partial charge in [0.25, 0.3) is 0 Å². The van der Waals surface area contributed by atoms with Crippen LogP contribution < -0.4 is 5.73 Å². The van der Waals surface area contributed by atoms with Crippen LogP contribution >= 0.6 is 0 Å². The van der Waals surface area contributed by atoms with Crippen LogP contribution in [0.5, 0.6) is 0 Å². The third-order valence-corrected chi connectivity index (χ3v) is 2.90. The monoisotopic (exact) mass is 234 g/mol. The lowest BCUT2D eigenvalue weighted by atomic mass is 10.0. The van der Waals surface area contributed by atoms with Crippen molar-refractivity contribution in [3.63, 3.8) is 0 Å². The number of benzene rings is 1. The van der Waals surface area contributed by atoms with E-state index in [9.17, 15) is 0 Å². The molecule has 96 valence electrons. The molecule has 0 aliphatic rings. The number of hydrogen-bond acceptors (Lipinski definition) is 2. The summed E-state index contributed by atoms with van der Waals surface area (Å²) in [6, 6.07) is 10.8. The van der Waals surface area contributed by atoms with Gasteiger partial charge >= 0.3 is 0 Å². The fourth-order valence-corrected chi connectivity index (χ4v) is 2.12. The number of hydrogen-bond donors (Lipinski definition) is 1. The molecular weight excluding hydrogens is 208 g/mol. The first-order chi connectivity index (χ1) is 8.08. The van der Waals surface area contributed by atoms with Gasteiger partial charge in [0, 0.05) is 12.6 Å². The van der Waals surface area contributed by atoms with Gasteiger partial charge in [0.05, 0.1) is 0 Å². The molecule has 0 aromatic heterocycles. The molecule has 0 fully saturated rings. The Bertz CT molecular complexity index is 295. The van der Waals surface area contributed by atoms with E-state index in [2.05, 4.69) is 50.1 Å². The molecule has 0 bridgehead atoms. The molecule has 0 aliphatic heterocycles. The van der Waals surface area contributed by atoms with E-state index in [4.69, 9.17) is 5.73 Å². The maximum Gasteiger partial charge on any atom is 0.00914 e. The molecule has 1 unspecified atom stereocenters. The Hall–Kier alpha value is -0.860. The van der Waals surface area contributed by atoms with Crippen LogP contribution in [0.15, 0.2) is 30.3 Å². The van der Waals surface area contributed by atoms with Gasteiger partial charge in [-0.2, -0.15) is 0 Å². The molecule has 0 saturated carbocycles. The van der Waals surface area contributed by atoms with E-state index < -0.39 is 0 Å². The first kappa shape index (κ1) is 14.2. The van der Waals surface area contributed by atoms with Crippen LogP contribution in [0.25, 0.3) is 0 Å². The number of nitrogens with two attached hydrogens (primary N) is 1. The average Bonchev–Trinajstić information content (AvgIpc) is 2.27. The summed E-state index contributed by atoms with van der Waals surface area (Å²) >= 11 is 0. The summed E-state index contributed by atoms with van der Waals surface area (Å²) in [4.78, 5) is 2.37. The van der Waals surface area contributed by atoms with Gasteiger partial charge in [0.1, 0.15) is 0 Å². The molecule has 0 spiro atoms. The third-order valence-electron chi connectivity index (χ3n) is 2.90. The highest BCUT2D eigenvalue weighted by Gasteiger charge is 2.07. The van der Waals surface area contributed by atoms with Crippen LogP contribution in [0, 0.1) is 5.92 Å². The Morgan fingerprint density at radius 2 is 1.82 bits per heavy atom. The van der Waals surface area contributed by atoms with Crippen molar-refractivity contribution in [3.05, 3.63) is 35.9 Å². The first-order valence-electron chi connectivity index (χ1n) is 6.56. The first-order valence-corrected chi connectivity index (χ1v) is 6.56. The standard InChI is InChI=1S/C15H26N2/c1-13(2)12-17(3)10-9-15(16)11-14-7-5-4-6-8-14/h4-8,13,15H,9-12,16H2,1-3H3. The summed E-state index contributed by atoms with van der Waals surface area (Å²) in [6.45, 7) is 6.74. The topological polar surface area (TPSA) is 29.3 Å². The second kappa shape index (κ2) is 7.46. The molecule has 0 aliphatic carbocycles. The highest BCUT2D eigenvalue weighted by molar-refractivity contribution is 5.15. The zero-order valence-corrected chi connectivity index (χ0v) is 11.4. The molecule has 2 nitrogen and oxygen atoms in total. The minimum absolute atomic E-state index is 0.270. The zero-order chi connectivity index (χ0) is 12.7. The smallest absolute Gasteiger partial charge is 0.00914 e. The summed E-state index contributed by atoms with van der Waals surface area (Å²) in [5, 5.41) is 0. The fourth-order valence-electron chi connectivity index (χ4n) is 2.12. The van der Waals surface area contributed by atoms with Crippen LogP contribution in [-0.2, 0) is 6.42 Å². The Kier molecular flexibility index (Phi) is 6.23. The van der Waals surface area contributed by atoms with Crippen molar-refractivity contribution in [2.45, 2.75) is 32.7 Å². The van der Waals surface area contributed by atoms with E-state index in [1.165, 1.54) is 5.56 Å². The van der Waals surface area contributed by atoms with Gasteiger partial charge < -0.3 is 10.6 Å². The summed E-state index contributed by atoms with van der Waals surface area (Å²) in [7, 11) is 2.18. The maximum atomic E-state index is 6.16. The number of nitrogens with zero attached hydrogens (tertiary/aromatic N) is 1.